The van der Waals surface area contributed by atoms with Crippen LogP contribution in [0, 0.1) is 6.92 Å². The molecule has 2 aromatic rings. The van der Waals surface area contributed by atoms with Crippen molar-refractivity contribution in [3.63, 3.8) is 0 Å². The van der Waals surface area contributed by atoms with E-state index in [0.29, 0.717) is 29.4 Å². The lowest BCUT2D eigenvalue weighted by Gasteiger charge is -2.11. The van der Waals surface area contributed by atoms with Crippen LogP contribution in [0.5, 0.6) is 11.5 Å². The number of thioether (sulfide) groups is 1. The van der Waals surface area contributed by atoms with Crippen LogP contribution in [0.25, 0.3) is 0 Å². The molecule has 1 aromatic carbocycles. The summed E-state index contributed by atoms with van der Waals surface area (Å²) in [5, 5.41) is 3.55. The highest BCUT2D eigenvalue weighted by Gasteiger charge is 2.12. The van der Waals surface area contributed by atoms with Gasteiger partial charge in [-0.25, -0.2) is 9.97 Å². The maximum absolute atomic E-state index is 12.3. The number of benzene rings is 1. The monoisotopic (exact) mass is 347 g/mol. The molecule has 0 aliphatic rings. The second kappa shape index (κ2) is 8.54. The van der Waals surface area contributed by atoms with E-state index in [1.54, 1.807) is 20.4 Å². The Bertz CT molecular complexity index is 722. The number of methoxy groups -OCH3 is 2. The number of amides is 1. The summed E-state index contributed by atoms with van der Waals surface area (Å²) in [7, 11) is 3.23. The number of carbonyl (C=O) groups excluding carboxylic acids is 1. The topological polar surface area (TPSA) is 73.3 Å². The van der Waals surface area contributed by atoms with Crippen LogP contribution in [-0.2, 0) is 6.42 Å². The maximum Gasteiger partial charge on any atom is 0.254 e. The average Bonchev–Trinajstić information content (AvgIpc) is 2.61. The van der Waals surface area contributed by atoms with Crippen LogP contribution in [0.4, 0.5) is 0 Å². The van der Waals surface area contributed by atoms with Gasteiger partial charge in [-0.2, -0.15) is 0 Å². The predicted octanol–water partition coefficient (Wildman–Crippen LogP) is 2.50. The Hall–Kier alpha value is -2.28. The number of nitrogens with one attached hydrogen (secondary N) is 1. The molecule has 1 amide bonds. The Morgan fingerprint density at radius 3 is 2.71 bits per heavy atom. The summed E-state index contributed by atoms with van der Waals surface area (Å²) in [6.45, 7) is 2.30. The molecule has 0 radical (unpaired) electrons. The fraction of sp³-hybridized carbons (Fsp3) is 0.353. The standard InChI is InChI=1S/C17H21N3O3S/c1-11-14(10-19-17(20-11)24-4)16(21)18-8-7-12-5-6-13(22-2)9-15(12)23-3/h5-6,9-10H,7-8H2,1-4H3,(H,18,21). The van der Waals surface area contributed by atoms with E-state index in [1.807, 2.05) is 31.4 Å². The van der Waals surface area contributed by atoms with Crippen molar-refractivity contribution in [2.75, 3.05) is 27.0 Å². The van der Waals surface area contributed by atoms with Crippen LogP contribution in [0.3, 0.4) is 0 Å². The Kier molecular flexibility index (Phi) is 6.43. The number of hydrogen-bond acceptors (Lipinski definition) is 6. The number of ether oxygens (including phenoxy) is 2. The second-order valence-electron chi connectivity index (χ2n) is 5.04. The lowest BCUT2D eigenvalue weighted by molar-refractivity contribution is 0.0952. The van der Waals surface area contributed by atoms with Crippen molar-refractivity contribution in [1.29, 1.82) is 0 Å². The molecule has 1 N–H and O–H groups in total. The van der Waals surface area contributed by atoms with Gasteiger partial charge < -0.3 is 14.8 Å². The van der Waals surface area contributed by atoms with Crippen LogP contribution >= 0.6 is 11.8 Å². The van der Waals surface area contributed by atoms with Gasteiger partial charge in [0.05, 0.1) is 25.5 Å². The molecule has 24 heavy (non-hydrogen) atoms. The molecule has 0 fully saturated rings. The summed E-state index contributed by atoms with van der Waals surface area (Å²) >= 11 is 1.45. The minimum atomic E-state index is -0.173. The van der Waals surface area contributed by atoms with Gasteiger partial charge >= 0.3 is 0 Å². The van der Waals surface area contributed by atoms with Gasteiger partial charge in [-0.05, 0) is 31.2 Å². The zero-order valence-corrected chi connectivity index (χ0v) is 15.1. The molecule has 0 saturated carbocycles. The van der Waals surface area contributed by atoms with Crippen LogP contribution < -0.4 is 14.8 Å². The van der Waals surface area contributed by atoms with Crippen molar-refractivity contribution in [3.05, 3.63) is 41.2 Å². The summed E-state index contributed by atoms with van der Waals surface area (Å²) in [6.07, 6.45) is 4.12. The molecule has 0 atom stereocenters. The smallest absolute Gasteiger partial charge is 0.254 e. The summed E-state index contributed by atoms with van der Waals surface area (Å²) in [5.74, 6) is 1.31. The van der Waals surface area contributed by atoms with Gasteiger partial charge in [-0.15, -0.1) is 0 Å². The minimum absolute atomic E-state index is 0.173. The Balaban J connectivity index is 1.98. The highest BCUT2D eigenvalue weighted by atomic mass is 32.2. The van der Waals surface area contributed by atoms with Crippen molar-refractivity contribution < 1.29 is 14.3 Å². The highest BCUT2D eigenvalue weighted by Crippen LogP contribution is 2.24. The first-order valence-corrected chi connectivity index (χ1v) is 8.68. The second-order valence-corrected chi connectivity index (χ2v) is 5.81. The fourth-order valence-corrected chi connectivity index (χ4v) is 2.62. The molecular formula is C17H21N3O3S. The number of rotatable bonds is 7. The van der Waals surface area contributed by atoms with E-state index in [0.717, 1.165) is 17.1 Å². The first-order chi connectivity index (χ1) is 11.6. The average molecular weight is 347 g/mol. The molecule has 1 heterocycles. The number of aryl methyl sites for hydroxylation is 1. The minimum Gasteiger partial charge on any atom is -0.497 e. The molecule has 6 nitrogen and oxygen atoms in total. The zero-order chi connectivity index (χ0) is 17.5. The van der Waals surface area contributed by atoms with Gasteiger partial charge in [-0.1, -0.05) is 17.8 Å². The largest absolute Gasteiger partial charge is 0.497 e. The molecule has 2 rings (SSSR count). The molecule has 128 valence electrons. The third-order valence-electron chi connectivity index (χ3n) is 3.56. The molecule has 0 saturated heterocycles. The third-order valence-corrected chi connectivity index (χ3v) is 4.12. The number of hydrogen-bond donors (Lipinski definition) is 1. The highest BCUT2D eigenvalue weighted by molar-refractivity contribution is 7.98. The van der Waals surface area contributed by atoms with Gasteiger partial charge in [0.1, 0.15) is 11.5 Å². The summed E-state index contributed by atoms with van der Waals surface area (Å²) in [5.41, 5.74) is 2.17. The first-order valence-electron chi connectivity index (χ1n) is 7.45. The van der Waals surface area contributed by atoms with Crippen LogP contribution in [0.2, 0.25) is 0 Å². The lowest BCUT2D eigenvalue weighted by Crippen LogP contribution is -2.27. The Morgan fingerprint density at radius 1 is 1.29 bits per heavy atom. The first kappa shape index (κ1) is 18.1. The van der Waals surface area contributed by atoms with Crippen molar-refractivity contribution in [3.8, 4) is 11.5 Å². The Morgan fingerprint density at radius 2 is 2.08 bits per heavy atom. The summed E-state index contributed by atoms with van der Waals surface area (Å²) < 4.78 is 10.5. The summed E-state index contributed by atoms with van der Waals surface area (Å²) in [6, 6.07) is 5.64. The van der Waals surface area contributed by atoms with E-state index < -0.39 is 0 Å². The molecule has 0 spiro atoms. The molecule has 0 unspecified atom stereocenters. The molecule has 0 aliphatic carbocycles. The molecule has 0 bridgehead atoms. The van der Waals surface area contributed by atoms with Gasteiger partial charge in [0.15, 0.2) is 5.16 Å². The Labute approximate surface area is 146 Å². The van der Waals surface area contributed by atoms with E-state index in [2.05, 4.69) is 15.3 Å². The van der Waals surface area contributed by atoms with Gasteiger partial charge in [0.25, 0.3) is 5.91 Å². The molecule has 1 aromatic heterocycles. The van der Waals surface area contributed by atoms with Gasteiger partial charge in [0, 0.05) is 18.8 Å². The van der Waals surface area contributed by atoms with Crippen molar-refractivity contribution in [1.82, 2.24) is 15.3 Å². The van der Waals surface area contributed by atoms with E-state index >= 15 is 0 Å². The van der Waals surface area contributed by atoms with Gasteiger partial charge in [-0.3, -0.25) is 4.79 Å². The number of nitrogens with zero attached hydrogens (tertiary/aromatic N) is 2. The predicted molar refractivity (Wildman–Crippen MR) is 94.1 cm³/mol. The molecular weight excluding hydrogens is 326 g/mol. The van der Waals surface area contributed by atoms with E-state index in [4.69, 9.17) is 9.47 Å². The van der Waals surface area contributed by atoms with Crippen molar-refractivity contribution in [2.45, 2.75) is 18.5 Å². The van der Waals surface area contributed by atoms with E-state index in [-0.39, 0.29) is 5.91 Å². The quantitative estimate of drug-likeness (QED) is 0.613. The number of aromatic nitrogens is 2. The van der Waals surface area contributed by atoms with Crippen molar-refractivity contribution in [2.24, 2.45) is 0 Å². The van der Waals surface area contributed by atoms with Crippen LogP contribution in [0.1, 0.15) is 21.6 Å². The molecule has 0 aliphatic heterocycles. The number of carbonyl (C=O) groups is 1. The molecule has 7 heteroatoms. The summed E-state index contributed by atoms with van der Waals surface area (Å²) in [4.78, 5) is 20.7. The van der Waals surface area contributed by atoms with E-state index in [9.17, 15) is 4.79 Å². The normalized spacial score (nSPS) is 10.3. The SMILES string of the molecule is COc1ccc(CCNC(=O)c2cnc(SC)nc2C)c(OC)c1. The lowest BCUT2D eigenvalue weighted by atomic mass is 10.1. The van der Waals surface area contributed by atoms with Crippen LogP contribution in [0.15, 0.2) is 29.6 Å². The maximum atomic E-state index is 12.3. The van der Waals surface area contributed by atoms with E-state index in [1.165, 1.54) is 11.8 Å². The van der Waals surface area contributed by atoms with Crippen molar-refractivity contribution >= 4 is 17.7 Å². The third kappa shape index (κ3) is 4.38. The van der Waals surface area contributed by atoms with Gasteiger partial charge in [0.2, 0.25) is 0 Å². The zero-order valence-electron chi connectivity index (χ0n) is 14.3. The van der Waals surface area contributed by atoms with Crippen LogP contribution in [-0.4, -0.2) is 42.9 Å². The fourth-order valence-electron chi connectivity index (χ4n) is 2.23.